The van der Waals surface area contributed by atoms with Crippen molar-refractivity contribution in [2.75, 3.05) is 7.11 Å². The summed E-state index contributed by atoms with van der Waals surface area (Å²) in [5, 5.41) is 1.86. The molecule has 5 nitrogen and oxygen atoms in total. The Bertz CT molecular complexity index is 433. The minimum absolute atomic E-state index is 0.207. The van der Waals surface area contributed by atoms with Crippen molar-refractivity contribution in [2.45, 2.75) is 19.3 Å². The largest absolute Gasteiger partial charge is 0.469 e. The molecule has 0 radical (unpaired) electrons. The molecule has 1 amide bonds. The highest BCUT2D eigenvalue weighted by atomic mass is 32.1. The van der Waals surface area contributed by atoms with Gasteiger partial charge in [0.1, 0.15) is 0 Å². The monoisotopic (exact) mass is 242 g/mol. The topological polar surface area (TPSA) is 60.7 Å². The Hall–Kier alpha value is -1.43. The van der Waals surface area contributed by atoms with Crippen LogP contribution in [-0.4, -0.2) is 23.6 Å². The quantitative estimate of drug-likeness (QED) is 0.736. The molecule has 0 fully saturated rings. The first-order valence-electron chi connectivity index (χ1n) is 4.88. The van der Waals surface area contributed by atoms with Crippen LogP contribution in [0.25, 0.3) is 0 Å². The van der Waals surface area contributed by atoms with E-state index < -0.39 is 0 Å². The fourth-order valence-electron chi connectivity index (χ4n) is 1.08. The lowest BCUT2D eigenvalue weighted by Crippen LogP contribution is -2.12. The Balaban J connectivity index is 2.43. The molecular formula is C10H14N2O3S. The molecule has 0 spiro atoms. The van der Waals surface area contributed by atoms with Gasteiger partial charge in [-0.15, -0.1) is 11.3 Å². The second-order valence-corrected chi connectivity index (χ2v) is 4.10. The normalized spacial score (nSPS) is 11.5. The first-order chi connectivity index (χ1) is 7.63. The number of ether oxygens (including phenoxy) is 1. The van der Waals surface area contributed by atoms with E-state index in [-0.39, 0.29) is 24.7 Å². The van der Waals surface area contributed by atoms with Gasteiger partial charge in [0.2, 0.25) is 5.91 Å². The van der Waals surface area contributed by atoms with Gasteiger partial charge in [-0.05, 0) is 6.42 Å². The third-order valence-electron chi connectivity index (χ3n) is 1.98. The zero-order chi connectivity index (χ0) is 12.0. The number of thiazole rings is 1. The van der Waals surface area contributed by atoms with Crippen LogP contribution in [0.15, 0.2) is 16.6 Å². The number of amides is 1. The van der Waals surface area contributed by atoms with Gasteiger partial charge in [-0.3, -0.25) is 9.59 Å². The summed E-state index contributed by atoms with van der Waals surface area (Å²) in [5.74, 6) is -0.503. The summed E-state index contributed by atoms with van der Waals surface area (Å²) >= 11 is 1.41. The van der Waals surface area contributed by atoms with Gasteiger partial charge in [0, 0.05) is 31.5 Å². The number of carbonyl (C=O) groups is 2. The van der Waals surface area contributed by atoms with Crippen LogP contribution in [0.2, 0.25) is 0 Å². The first kappa shape index (κ1) is 12.6. The van der Waals surface area contributed by atoms with E-state index in [1.165, 1.54) is 18.4 Å². The molecule has 6 heteroatoms. The predicted octanol–water partition coefficient (Wildman–Crippen LogP) is 0.857. The highest BCUT2D eigenvalue weighted by Gasteiger charge is 2.04. The Morgan fingerprint density at radius 2 is 2.25 bits per heavy atom. The first-order valence-corrected chi connectivity index (χ1v) is 5.76. The van der Waals surface area contributed by atoms with Gasteiger partial charge >= 0.3 is 5.97 Å². The molecule has 1 aromatic rings. The minimum atomic E-state index is -0.297. The standard InChI is InChI=1S/C10H14N2O3S/c1-12-6-7-16-10(12)11-8(13)4-3-5-9(14)15-2/h6-7H,3-5H2,1-2H3. The maximum Gasteiger partial charge on any atom is 0.305 e. The number of methoxy groups -OCH3 is 1. The molecule has 0 aliphatic rings. The van der Waals surface area contributed by atoms with Gasteiger partial charge in [0.05, 0.1) is 7.11 Å². The van der Waals surface area contributed by atoms with Crippen LogP contribution in [0.5, 0.6) is 0 Å². The van der Waals surface area contributed by atoms with Crippen LogP contribution < -0.4 is 4.80 Å². The molecule has 1 aromatic heterocycles. The number of nitrogens with zero attached hydrogens (tertiary/aromatic N) is 2. The van der Waals surface area contributed by atoms with Crippen molar-refractivity contribution in [2.24, 2.45) is 12.0 Å². The molecule has 0 N–H and O–H groups in total. The number of aromatic nitrogens is 1. The van der Waals surface area contributed by atoms with Crippen molar-refractivity contribution in [3.8, 4) is 0 Å². The summed E-state index contributed by atoms with van der Waals surface area (Å²) in [4.78, 5) is 26.8. The average Bonchev–Trinajstić information content (AvgIpc) is 2.64. The third-order valence-corrected chi connectivity index (χ3v) is 2.83. The van der Waals surface area contributed by atoms with Crippen molar-refractivity contribution in [3.63, 3.8) is 0 Å². The number of esters is 1. The second kappa shape index (κ2) is 6.22. The van der Waals surface area contributed by atoms with Gasteiger partial charge in [-0.2, -0.15) is 4.99 Å². The smallest absolute Gasteiger partial charge is 0.305 e. The number of hydrogen-bond acceptors (Lipinski definition) is 4. The van der Waals surface area contributed by atoms with E-state index in [1.807, 2.05) is 18.6 Å². The molecule has 0 saturated heterocycles. The predicted molar refractivity (Wildman–Crippen MR) is 59.7 cm³/mol. The van der Waals surface area contributed by atoms with Crippen LogP contribution in [0.3, 0.4) is 0 Å². The number of carbonyl (C=O) groups excluding carboxylic acids is 2. The summed E-state index contributed by atoms with van der Waals surface area (Å²) in [6.07, 6.45) is 2.84. The van der Waals surface area contributed by atoms with Gasteiger partial charge in [0.15, 0.2) is 4.80 Å². The number of hydrogen-bond donors (Lipinski definition) is 0. The molecular weight excluding hydrogens is 228 g/mol. The van der Waals surface area contributed by atoms with E-state index in [0.29, 0.717) is 11.2 Å². The van der Waals surface area contributed by atoms with Gasteiger partial charge in [-0.1, -0.05) is 0 Å². The molecule has 16 heavy (non-hydrogen) atoms. The molecule has 1 rings (SSSR count). The molecule has 0 aliphatic carbocycles. The molecule has 1 heterocycles. The number of aryl methyl sites for hydroxylation is 1. The Morgan fingerprint density at radius 1 is 1.50 bits per heavy atom. The van der Waals surface area contributed by atoms with Crippen molar-refractivity contribution >= 4 is 23.2 Å². The Kier molecular flexibility index (Phi) is 4.91. The Labute approximate surface area is 97.4 Å². The van der Waals surface area contributed by atoms with Crippen molar-refractivity contribution in [1.82, 2.24) is 4.57 Å². The lowest BCUT2D eigenvalue weighted by atomic mass is 10.2. The zero-order valence-corrected chi connectivity index (χ0v) is 10.1. The van der Waals surface area contributed by atoms with Crippen molar-refractivity contribution in [3.05, 3.63) is 16.4 Å². The van der Waals surface area contributed by atoms with E-state index in [2.05, 4.69) is 9.73 Å². The van der Waals surface area contributed by atoms with Crippen LogP contribution in [-0.2, 0) is 21.4 Å². The maximum absolute atomic E-state index is 11.4. The van der Waals surface area contributed by atoms with E-state index in [0.717, 1.165) is 0 Å². The molecule has 88 valence electrons. The van der Waals surface area contributed by atoms with Gasteiger partial charge in [0.25, 0.3) is 0 Å². The summed E-state index contributed by atoms with van der Waals surface area (Å²) in [6.45, 7) is 0. The third kappa shape index (κ3) is 3.98. The molecule has 0 unspecified atom stereocenters. The van der Waals surface area contributed by atoms with Crippen LogP contribution >= 0.6 is 11.3 Å². The molecule has 0 saturated carbocycles. The summed E-state index contributed by atoms with van der Waals surface area (Å²) in [5.41, 5.74) is 0. The second-order valence-electron chi connectivity index (χ2n) is 3.23. The maximum atomic E-state index is 11.4. The SMILES string of the molecule is COC(=O)CCCC(=O)N=c1sccn1C. The van der Waals surface area contributed by atoms with Crippen LogP contribution in [0, 0.1) is 0 Å². The molecule has 0 aromatic carbocycles. The van der Waals surface area contributed by atoms with E-state index in [1.54, 1.807) is 4.57 Å². The lowest BCUT2D eigenvalue weighted by Gasteiger charge is -1.96. The summed E-state index contributed by atoms with van der Waals surface area (Å²) in [6, 6.07) is 0. The van der Waals surface area contributed by atoms with E-state index in [4.69, 9.17) is 0 Å². The fourth-order valence-corrected chi connectivity index (χ4v) is 1.83. The highest BCUT2D eigenvalue weighted by molar-refractivity contribution is 7.07. The lowest BCUT2D eigenvalue weighted by molar-refractivity contribution is -0.140. The number of rotatable bonds is 4. The summed E-state index contributed by atoms with van der Waals surface area (Å²) < 4.78 is 6.25. The van der Waals surface area contributed by atoms with Crippen molar-refractivity contribution < 1.29 is 14.3 Å². The van der Waals surface area contributed by atoms with Gasteiger partial charge in [-0.25, -0.2) is 0 Å². The van der Waals surface area contributed by atoms with E-state index in [9.17, 15) is 9.59 Å². The average molecular weight is 242 g/mol. The summed E-state index contributed by atoms with van der Waals surface area (Å²) in [7, 11) is 3.16. The molecule has 0 aliphatic heterocycles. The molecule has 0 bridgehead atoms. The van der Waals surface area contributed by atoms with Crippen LogP contribution in [0.1, 0.15) is 19.3 Å². The van der Waals surface area contributed by atoms with Gasteiger partial charge < -0.3 is 9.30 Å². The molecule has 0 atom stereocenters. The minimum Gasteiger partial charge on any atom is -0.469 e. The van der Waals surface area contributed by atoms with Crippen molar-refractivity contribution in [1.29, 1.82) is 0 Å². The Morgan fingerprint density at radius 3 is 2.81 bits per heavy atom. The van der Waals surface area contributed by atoms with E-state index >= 15 is 0 Å². The zero-order valence-electron chi connectivity index (χ0n) is 9.30. The highest BCUT2D eigenvalue weighted by Crippen LogP contribution is 1.99. The van der Waals surface area contributed by atoms with Crippen LogP contribution in [0.4, 0.5) is 0 Å². The fraction of sp³-hybridized carbons (Fsp3) is 0.500.